The summed E-state index contributed by atoms with van der Waals surface area (Å²) in [6.45, 7) is 2.18. The molecule has 0 N–H and O–H groups in total. The summed E-state index contributed by atoms with van der Waals surface area (Å²) in [7, 11) is 0. The molecule has 0 amide bonds. The fourth-order valence-electron chi connectivity index (χ4n) is 2.09. The lowest BCUT2D eigenvalue weighted by molar-refractivity contribution is -0.389. The van der Waals surface area contributed by atoms with Crippen molar-refractivity contribution in [2.24, 2.45) is 5.41 Å². The second-order valence-corrected chi connectivity index (χ2v) is 4.75. The standard InChI is InChI=1S/C10H15N3O3S/c14-13(15)9-5-12(8-11-9)6-10(7-17)1-3-16-4-2-10/h5,8,17H,1-4,6-7H2. The van der Waals surface area contributed by atoms with Gasteiger partial charge in [0.2, 0.25) is 6.33 Å². The van der Waals surface area contributed by atoms with E-state index in [0.29, 0.717) is 6.54 Å². The summed E-state index contributed by atoms with van der Waals surface area (Å²) in [6.07, 6.45) is 4.85. The van der Waals surface area contributed by atoms with Gasteiger partial charge in [-0.25, -0.2) is 0 Å². The van der Waals surface area contributed by atoms with E-state index >= 15 is 0 Å². The van der Waals surface area contributed by atoms with Gasteiger partial charge in [0.25, 0.3) is 0 Å². The lowest BCUT2D eigenvalue weighted by atomic mass is 9.82. The molecule has 1 aliphatic rings. The molecule has 0 aromatic carbocycles. The van der Waals surface area contributed by atoms with Crippen molar-refractivity contribution in [2.45, 2.75) is 19.4 Å². The molecule has 0 unspecified atom stereocenters. The minimum atomic E-state index is -0.478. The molecule has 0 aliphatic carbocycles. The summed E-state index contributed by atoms with van der Waals surface area (Å²) in [5.41, 5.74) is 0.0654. The van der Waals surface area contributed by atoms with Gasteiger partial charge in [-0.1, -0.05) is 0 Å². The summed E-state index contributed by atoms with van der Waals surface area (Å²) in [5, 5.41) is 10.6. The van der Waals surface area contributed by atoms with Crippen LogP contribution >= 0.6 is 12.6 Å². The highest BCUT2D eigenvalue weighted by molar-refractivity contribution is 7.80. The first-order valence-electron chi connectivity index (χ1n) is 5.50. The van der Waals surface area contributed by atoms with Crippen LogP contribution in [0.3, 0.4) is 0 Å². The fraction of sp³-hybridized carbons (Fsp3) is 0.700. The molecule has 17 heavy (non-hydrogen) atoms. The molecule has 0 saturated carbocycles. The summed E-state index contributed by atoms with van der Waals surface area (Å²) in [6, 6.07) is 0. The highest BCUT2D eigenvalue weighted by Gasteiger charge is 2.32. The molecule has 1 aliphatic heterocycles. The zero-order chi connectivity index (χ0) is 12.3. The SMILES string of the molecule is O=[N+]([O-])c1cn(CC2(CS)CCOCC2)cn1. The Balaban J connectivity index is 2.09. The maximum absolute atomic E-state index is 10.6. The van der Waals surface area contributed by atoms with Crippen LogP contribution in [0, 0.1) is 15.5 Å². The molecule has 0 atom stereocenters. The fourth-order valence-corrected chi connectivity index (χ4v) is 2.50. The third kappa shape index (κ3) is 2.78. The Kier molecular flexibility index (Phi) is 3.68. The summed E-state index contributed by atoms with van der Waals surface area (Å²) < 4.78 is 7.12. The van der Waals surface area contributed by atoms with Crippen molar-refractivity contribution in [1.82, 2.24) is 9.55 Å². The van der Waals surface area contributed by atoms with Crippen LogP contribution in [-0.4, -0.2) is 33.4 Å². The molecular weight excluding hydrogens is 242 g/mol. The van der Waals surface area contributed by atoms with Gasteiger partial charge in [-0.15, -0.1) is 0 Å². The van der Waals surface area contributed by atoms with Crippen molar-refractivity contribution < 1.29 is 9.66 Å². The van der Waals surface area contributed by atoms with Crippen LogP contribution in [0.1, 0.15) is 12.8 Å². The van der Waals surface area contributed by atoms with Crippen LogP contribution in [0.15, 0.2) is 12.5 Å². The minimum Gasteiger partial charge on any atom is -0.381 e. The van der Waals surface area contributed by atoms with Crippen molar-refractivity contribution >= 4 is 18.4 Å². The molecule has 7 heteroatoms. The quantitative estimate of drug-likeness (QED) is 0.504. The van der Waals surface area contributed by atoms with Gasteiger partial charge in [0.1, 0.15) is 6.20 Å². The Morgan fingerprint density at radius 2 is 2.29 bits per heavy atom. The molecule has 1 aromatic heterocycles. The number of ether oxygens (including phenoxy) is 1. The normalized spacial score (nSPS) is 19.1. The Labute approximate surface area is 105 Å². The third-order valence-corrected chi connectivity index (χ3v) is 3.88. The van der Waals surface area contributed by atoms with E-state index in [-0.39, 0.29) is 11.2 Å². The van der Waals surface area contributed by atoms with Gasteiger partial charge in [-0.3, -0.25) is 0 Å². The van der Waals surface area contributed by atoms with Crippen LogP contribution < -0.4 is 0 Å². The van der Waals surface area contributed by atoms with Crippen molar-refractivity contribution in [3.05, 3.63) is 22.6 Å². The van der Waals surface area contributed by atoms with Crippen molar-refractivity contribution in [1.29, 1.82) is 0 Å². The first kappa shape index (κ1) is 12.4. The summed E-state index contributed by atoms with van der Waals surface area (Å²) >= 11 is 4.40. The monoisotopic (exact) mass is 257 g/mol. The average Bonchev–Trinajstić information content (AvgIpc) is 2.79. The van der Waals surface area contributed by atoms with Crippen LogP contribution in [0.4, 0.5) is 5.82 Å². The van der Waals surface area contributed by atoms with E-state index < -0.39 is 4.92 Å². The Hall–Kier alpha value is -1.08. The first-order valence-corrected chi connectivity index (χ1v) is 6.13. The van der Waals surface area contributed by atoms with E-state index in [1.807, 2.05) is 0 Å². The van der Waals surface area contributed by atoms with E-state index in [2.05, 4.69) is 17.6 Å². The first-order chi connectivity index (χ1) is 8.15. The second-order valence-electron chi connectivity index (χ2n) is 4.43. The van der Waals surface area contributed by atoms with Crippen LogP contribution in [0.25, 0.3) is 0 Å². The number of aromatic nitrogens is 2. The Bertz CT molecular complexity index is 401. The predicted molar refractivity (Wildman–Crippen MR) is 65.2 cm³/mol. The molecule has 0 radical (unpaired) electrons. The maximum Gasteiger partial charge on any atom is 0.381 e. The number of hydrogen-bond donors (Lipinski definition) is 1. The average molecular weight is 257 g/mol. The number of nitro groups is 1. The van der Waals surface area contributed by atoms with Gasteiger partial charge in [0.15, 0.2) is 0 Å². The number of hydrogen-bond acceptors (Lipinski definition) is 5. The third-order valence-electron chi connectivity index (χ3n) is 3.21. The Morgan fingerprint density at radius 3 is 2.82 bits per heavy atom. The number of thiol groups is 1. The summed E-state index contributed by atoms with van der Waals surface area (Å²) in [5.74, 6) is 0.647. The van der Waals surface area contributed by atoms with Crippen molar-refractivity contribution in [2.75, 3.05) is 19.0 Å². The highest BCUT2D eigenvalue weighted by Crippen LogP contribution is 2.33. The molecule has 6 nitrogen and oxygen atoms in total. The van der Waals surface area contributed by atoms with Crippen LogP contribution in [0.5, 0.6) is 0 Å². The Morgan fingerprint density at radius 1 is 1.59 bits per heavy atom. The summed E-state index contributed by atoms with van der Waals surface area (Å²) in [4.78, 5) is 13.8. The van der Waals surface area contributed by atoms with Gasteiger partial charge in [0.05, 0.1) is 0 Å². The van der Waals surface area contributed by atoms with Crippen molar-refractivity contribution in [3.63, 3.8) is 0 Å². The van der Waals surface area contributed by atoms with E-state index in [9.17, 15) is 10.1 Å². The van der Waals surface area contributed by atoms with Crippen LogP contribution in [0.2, 0.25) is 0 Å². The molecule has 1 saturated heterocycles. The van der Waals surface area contributed by atoms with Gasteiger partial charge in [-0.2, -0.15) is 12.6 Å². The topological polar surface area (TPSA) is 70.2 Å². The molecule has 0 spiro atoms. The number of rotatable bonds is 4. The molecule has 1 fully saturated rings. The maximum atomic E-state index is 10.6. The zero-order valence-electron chi connectivity index (χ0n) is 9.41. The van der Waals surface area contributed by atoms with Gasteiger partial charge >= 0.3 is 5.82 Å². The van der Waals surface area contributed by atoms with Crippen LogP contribution in [-0.2, 0) is 11.3 Å². The van der Waals surface area contributed by atoms with Crippen molar-refractivity contribution in [3.8, 4) is 0 Å². The largest absolute Gasteiger partial charge is 0.381 e. The molecular formula is C10H15N3O3S. The predicted octanol–water partition coefficient (Wildman–Crippen LogP) is 1.52. The van der Waals surface area contributed by atoms with E-state index in [0.717, 1.165) is 31.8 Å². The van der Waals surface area contributed by atoms with Gasteiger partial charge in [-0.05, 0) is 28.5 Å². The molecule has 1 aromatic rings. The second kappa shape index (κ2) is 5.05. The zero-order valence-corrected chi connectivity index (χ0v) is 10.3. The minimum absolute atomic E-state index is 0.0654. The molecule has 0 bridgehead atoms. The molecule has 2 rings (SSSR count). The lowest BCUT2D eigenvalue weighted by Gasteiger charge is -2.35. The number of imidazole rings is 1. The molecule has 2 heterocycles. The number of nitrogens with zero attached hydrogens (tertiary/aromatic N) is 3. The van der Waals surface area contributed by atoms with Gasteiger partial charge < -0.3 is 19.4 Å². The van der Waals surface area contributed by atoms with E-state index in [1.165, 1.54) is 12.5 Å². The molecule has 94 valence electrons. The smallest absolute Gasteiger partial charge is 0.381 e. The lowest BCUT2D eigenvalue weighted by Crippen LogP contribution is -2.35. The highest BCUT2D eigenvalue weighted by atomic mass is 32.1. The van der Waals surface area contributed by atoms with E-state index in [4.69, 9.17) is 4.74 Å². The van der Waals surface area contributed by atoms with Gasteiger partial charge in [0, 0.05) is 25.2 Å². The van der Waals surface area contributed by atoms with E-state index in [1.54, 1.807) is 4.57 Å².